The molecule has 1 aliphatic heterocycles. The summed E-state index contributed by atoms with van der Waals surface area (Å²) in [7, 11) is 0. The minimum Gasteiger partial charge on any atom is -0.442 e. The predicted octanol–water partition coefficient (Wildman–Crippen LogP) is 2.86. The monoisotopic (exact) mass is 338 g/mol. The van der Waals surface area contributed by atoms with E-state index in [1.165, 1.54) is 0 Å². The van der Waals surface area contributed by atoms with Gasteiger partial charge in [0.1, 0.15) is 0 Å². The molecule has 4 heteroatoms. The molecule has 0 spiro atoms. The Morgan fingerprint density at radius 1 is 1.50 bits per heavy atom. The molecule has 1 unspecified atom stereocenters. The first-order chi connectivity index (χ1) is 5.70. The Hall–Kier alpha value is -0.100. The predicted molar refractivity (Wildman–Crippen MR) is 56.2 cm³/mol. The van der Waals surface area contributed by atoms with Crippen LogP contribution >= 0.6 is 38.5 Å². The van der Waals surface area contributed by atoms with Gasteiger partial charge in [0.05, 0.1) is 5.56 Å². The van der Waals surface area contributed by atoms with Gasteiger partial charge in [0.25, 0.3) is 0 Å². The normalized spacial score (nSPS) is 20.5. The first kappa shape index (κ1) is 8.50. The van der Waals surface area contributed by atoms with Crippen molar-refractivity contribution in [3.05, 3.63) is 32.9 Å². The lowest BCUT2D eigenvalue weighted by Gasteiger charge is -1.98. The zero-order valence-corrected chi connectivity index (χ0v) is 9.63. The van der Waals surface area contributed by atoms with Crippen molar-refractivity contribution in [3.63, 3.8) is 0 Å². The number of fused-ring (bicyclic) bond motifs is 1. The zero-order valence-electron chi connectivity index (χ0n) is 5.88. The number of rotatable bonds is 0. The van der Waals surface area contributed by atoms with E-state index in [1.54, 1.807) is 0 Å². The average molecular weight is 339 g/mol. The van der Waals surface area contributed by atoms with Gasteiger partial charge in [-0.25, -0.2) is 4.79 Å². The summed E-state index contributed by atoms with van der Waals surface area (Å²) in [6, 6.07) is 5.70. The summed E-state index contributed by atoms with van der Waals surface area (Å²) in [5.74, 6) is -0.239. The van der Waals surface area contributed by atoms with E-state index in [-0.39, 0.29) is 11.0 Å². The number of cyclic esters (lactones) is 1. The highest BCUT2D eigenvalue weighted by Crippen LogP contribution is 2.36. The highest BCUT2D eigenvalue weighted by atomic mass is 127. The Morgan fingerprint density at radius 2 is 2.25 bits per heavy atom. The van der Waals surface area contributed by atoms with Crippen molar-refractivity contribution in [2.24, 2.45) is 0 Å². The van der Waals surface area contributed by atoms with Gasteiger partial charge in [0.15, 0.2) is 5.01 Å². The molecule has 0 fully saturated rings. The van der Waals surface area contributed by atoms with Crippen LogP contribution in [0.5, 0.6) is 0 Å². The molecule has 12 heavy (non-hydrogen) atoms. The molecule has 62 valence electrons. The number of ether oxygens (including phenoxy) is 1. The van der Waals surface area contributed by atoms with Gasteiger partial charge in [-0.15, -0.1) is 0 Å². The Bertz CT molecular complexity index is 351. The maximum atomic E-state index is 11.2. The number of halogens is 2. The molecular formula is C8H4BrIO2. The quantitative estimate of drug-likeness (QED) is 0.413. The summed E-state index contributed by atoms with van der Waals surface area (Å²) in [6.45, 7) is 0. The van der Waals surface area contributed by atoms with Crippen molar-refractivity contribution in [1.82, 2.24) is 0 Å². The molecule has 0 aliphatic carbocycles. The number of carbonyl (C=O) groups excluding carboxylic acids is 1. The minimum atomic E-state index is -0.269. The third kappa shape index (κ3) is 1.17. The van der Waals surface area contributed by atoms with Crippen LogP contribution in [0.15, 0.2) is 18.2 Å². The highest BCUT2D eigenvalue weighted by Gasteiger charge is 2.30. The van der Waals surface area contributed by atoms with Gasteiger partial charge in [0.2, 0.25) is 0 Å². The van der Waals surface area contributed by atoms with E-state index >= 15 is 0 Å². The van der Waals surface area contributed by atoms with Crippen LogP contribution in [0.1, 0.15) is 20.9 Å². The van der Waals surface area contributed by atoms with Crippen molar-refractivity contribution in [3.8, 4) is 0 Å². The van der Waals surface area contributed by atoms with Crippen molar-refractivity contribution in [1.29, 1.82) is 0 Å². The van der Waals surface area contributed by atoms with E-state index in [4.69, 9.17) is 4.74 Å². The van der Waals surface area contributed by atoms with Crippen LogP contribution in [0.25, 0.3) is 0 Å². The molecule has 0 radical (unpaired) electrons. The fourth-order valence-electron chi connectivity index (χ4n) is 1.16. The summed E-state index contributed by atoms with van der Waals surface area (Å²) in [6.07, 6.45) is 0. The second-order valence-electron chi connectivity index (χ2n) is 2.43. The van der Waals surface area contributed by atoms with Crippen LogP contribution in [-0.4, -0.2) is 5.97 Å². The van der Waals surface area contributed by atoms with E-state index in [0.717, 1.165) is 9.13 Å². The second kappa shape index (κ2) is 2.99. The number of hydrogen-bond donors (Lipinski definition) is 0. The largest absolute Gasteiger partial charge is 0.442 e. The molecule has 1 aliphatic rings. The lowest BCUT2D eigenvalue weighted by atomic mass is 10.1. The summed E-state index contributed by atoms with van der Waals surface area (Å²) >= 11 is 5.39. The van der Waals surface area contributed by atoms with Crippen LogP contribution < -0.4 is 0 Å². The molecule has 0 N–H and O–H groups in total. The molecule has 2 nitrogen and oxygen atoms in total. The van der Waals surface area contributed by atoms with Gasteiger partial charge in [-0.3, -0.25) is 0 Å². The summed E-state index contributed by atoms with van der Waals surface area (Å²) in [4.78, 5) is 11.2. The molecule has 1 atom stereocenters. The molecule has 0 amide bonds. The first-order valence-corrected chi connectivity index (χ1v) is 5.33. The van der Waals surface area contributed by atoms with Gasteiger partial charge in [-0.2, -0.15) is 0 Å². The number of esters is 1. The Labute approximate surface area is 91.6 Å². The van der Waals surface area contributed by atoms with Gasteiger partial charge >= 0.3 is 5.97 Å². The fourth-order valence-corrected chi connectivity index (χ4v) is 2.45. The van der Waals surface area contributed by atoms with Crippen LogP contribution in [0.3, 0.4) is 0 Å². The SMILES string of the molecule is O=C1OC(Br)c2cccc(I)c21. The Balaban J connectivity index is 2.67. The maximum Gasteiger partial charge on any atom is 0.341 e. The van der Waals surface area contributed by atoms with E-state index in [0.29, 0.717) is 5.56 Å². The standard InChI is InChI=1S/C8H4BrIO2/c9-7-4-2-1-3-5(10)6(4)8(11)12-7/h1-3,7H. The molecule has 1 aromatic rings. The van der Waals surface area contributed by atoms with Gasteiger partial charge in [0, 0.05) is 9.13 Å². The summed E-state index contributed by atoms with van der Waals surface area (Å²) in [5.41, 5.74) is 1.62. The zero-order chi connectivity index (χ0) is 8.72. The lowest BCUT2D eigenvalue weighted by Crippen LogP contribution is -1.96. The fraction of sp³-hybridized carbons (Fsp3) is 0.125. The maximum absolute atomic E-state index is 11.2. The van der Waals surface area contributed by atoms with Crippen LogP contribution in [-0.2, 0) is 4.74 Å². The Morgan fingerprint density at radius 3 is 2.92 bits per heavy atom. The van der Waals surface area contributed by atoms with Crippen LogP contribution in [0.4, 0.5) is 0 Å². The van der Waals surface area contributed by atoms with Crippen LogP contribution in [0, 0.1) is 3.57 Å². The minimum absolute atomic E-state index is 0.239. The van der Waals surface area contributed by atoms with E-state index in [9.17, 15) is 4.79 Å². The van der Waals surface area contributed by atoms with E-state index in [1.807, 2.05) is 18.2 Å². The smallest absolute Gasteiger partial charge is 0.341 e. The number of benzene rings is 1. The van der Waals surface area contributed by atoms with Gasteiger partial charge < -0.3 is 4.74 Å². The molecule has 0 saturated carbocycles. The van der Waals surface area contributed by atoms with Crippen molar-refractivity contribution >= 4 is 44.5 Å². The van der Waals surface area contributed by atoms with Gasteiger partial charge in [-0.05, 0) is 44.6 Å². The third-order valence-electron chi connectivity index (χ3n) is 1.70. The topological polar surface area (TPSA) is 26.3 Å². The Kier molecular flexibility index (Phi) is 2.12. The molecule has 0 bridgehead atoms. The average Bonchev–Trinajstić information content (AvgIpc) is 2.29. The molecule has 0 aromatic heterocycles. The van der Waals surface area contributed by atoms with Crippen molar-refractivity contribution in [2.75, 3.05) is 0 Å². The van der Waals surface area contributed by atoms with E-state index < -0.39 is 0 Å². The highest BCUT2D eigenvalue weighted by molar-refractivity contribution is 14.1. The summed E-state index contributed by atoms with van der Waals surface area (Å²) < 4.78 is 5.93. The molecular weight excluding hydrogens is 335 g/mol. The molecule has 1 aromatic carbocycles. The summed E-state index contributed by atoms with van der Waals surface area (Å²) in [5, 5.41) is -0.269. The number of hydrogen-bond acceptors (Lipinski definition) is 2. The van der Waals surface area contributed by atoms with Crippen molar-refractivity contribution in [2.45, 2.75) is 5.01 Å². The van der Waals surface area contributed by atoms with Gasteiger partial charge in [-0.1, -0.05) is 12.1 Å². The van der Waals surface area contributed by atoms with Crippen molar-refractivity contribution < 1.29 is 9.53 Å². The first-order valence-electron chi connectivity index (χ1n) is 3.33. The van der Waals surface area contributed by atoms with E-state index in [2.05, 4.69) is 38.5 Å². The van der Waals surface area contributed by atoms with Crippen LogP contribution in [0.2, 0.25) is 0 Å². The lowest BCUT2D eigenvalue weighted by molar-refractivity contribution is 0.0529. The number of alkyl halides is 1. The number of carbonyl (C=O) groups is 1. The molecule has 2 rings (SSSR count). The molecule has 0 saturated heterocycles. The second-order valence-corrected chi connectivity index (χ2v) is 4.42. The molecule has 1 heterocycles. The third-order valence-corrected chi connectivity index (χ3v) is 3.28.